The molecule has 168 valence electrons. The van der Waals surface area contributed by atoms with E-state index in [1.807, 2.05) is 38.1 Å². The van der Waals surface area contributed by atoms with E-state index in [9.17, 15) is 9.59 Å². The molecule has 31 heavy (non-hydrogen) atoms. The highest BCUT2D eigenvalue weighted by atomic mass is 79.9. The quantitative estimate of drug-likeness (QED) is 0.496. The van der Waals surface area contributed by atoms with E-state index in [2.05, 4.69) is 21.2 Å². The van der Waals surface area contributed by atoms with Crippen LogP contribution in [0.2, 0.25) is 5.02 Å². The van der Waals surface area contributed by atoms with E-state index in [4.69, 9.17) is 21.1 Å². The minimum atomic E-state index is -0.666. The number of nitrogens with zero attached hydrogens (tertiary/aromatic N) is 1. The Kier molecular flexibility index (Phi) is 9.65. The van der Waals surface area contributed by atoms with Crippen molar-refractivity contribution >= 4 is 39.3 Å². The molecule has 0 aliphatic heterocycles. The third-order valence-electron chi connectivity index (χ3n) is 4.93. The monoisotopic (exact) mass is 510 g/mol. The molecule has 0 aromatic heterocycles. The van der Waals surface area contributed by atoms with Crippen LogP contribution < -0.4 is 14.8 Å². The molecule has 1 N–H and O–H groups in total. The summed E-state index contributed by atoms with van der Waals surface area (Å²) >= 11 is 9.34. The van der Waals surface area contributed by atoms with Gasteiger partial charge in [0.05, 0.1) is 11.6 Å². The first-order valence-electron chi connectivity index (χ1n) is 10.1. The molecule has 0 bridgehead atoms. The maximum atomic E-state index is 13.1. The fourth-order valence-electron chi connectivity index (χ4n) is 2.79. The summed E-state index contributed by atoms with van der Waals surface area (Å²) in [7, 11) is 1.60. The highest BCUT2D eigenvalue weighted by Gasteiger charge is 2.27. The lowest BCUT2D eigenvalue weighted by Gasteiger charge is -2.29. The highest BCUT2D eigenvalue weighted by Crippen LogP contribution is 2.28. The average molecular weight is 512 g/mol. The molecular formula is C23H28BrClN2O4. The molecule has 0 saturated heterocycles. The molecule has 2 amide bonds. The second-order valence-electron chi connectivity index (χ2n) is 7.23. The van der Waals surface area contributed by atoms with Gasteiger partial charge in [0.25, 0.3) is 5.91 Å². The van der Waals surface area contributed by atoms with E-state index in [1.54, 1.807) is 32.2 Å². The number of ether oxygens (including phenoxy) is 2. The number of halogens is 2. The molecule has 0 spiro atoms. The third kappa shape index (κ3) is 7.43. The second kappa shape index (κ2) is 12.0. The topological polar surface area (TPSA) is 67.9 Å². The molecule has 2 atom stereocenters. The SMILES string of the molecule is CCC(C)NC(=O)C(C)N(Cc1ccc(OC)cc1)C(=O)COc1ccc(Cl)cc1Br. The Morgan fingerprint density at radius 2 is 1.84 bits per heavy atom. The molecular weight excluding hydrogens is 484 g/mol. The van der Waals surface area contributed by atoms with E-state index >= 15 is 0 Å². The smallest absolute Gasteiger partial charge is 0.261 e. The predicted octanol–water partition coefficient (Wildman–Crippen LogP) is 4.82. The van der Waals surface area contributed by atoms with E-state index in [0.29, 0.717) is 15.2 Å². The van der Waals surface area contributed by atoms with Crippen LogP contribution in [-0.2, 0) is 16.1 Å². The van der Waals surface area contributed by atoms with Gasteiger partial charge in [-0.2, -0.15) is 0 Å². The lowest BCUT2D eigenvalue weighted by molar-refractivity contribution is -0.142. The Labute approximate surface area is 197 Å². The van der Waals surface area contributed by atoms with Crippen molar-refractivity contribution in [3.63, 3.8) is 0 Å². The van der Waals surface area contributed by atoms with Crippen LogP contribution in [0.1, 0.15) is 32.8 Å². The first-order valence-corrected chi connectivity index (χ1v) is 11.2. The minimum absolute atomic E-state index is 0.0224. The van der Waals surface area contributed by atoms with Crippen LogP contribution in [0.15, 0.2) is 46.9 Å². The van der Waals surface area contributed by atoms with Crippen molar-refractivity contribution in [2.45, 2.75) is 45.8 Å². The van der Waals surface area contributed by atoms with Gasteiger partial charge in [0.1, 0.15) is 17.5 Å². The van der Waals surface area contributed by atoms with Crippen LogP contribution in [0.4, 0.5) is 0 Å². The van der Waals surface area contributed by atoms with Gasteiger partial charge in [0.15, 0.2) is 6.61 Å². The van der Waals surface area contributed by atoms with Crippen LogP contribution in [0.25, 0.3) is 0 Å². The molecule has 6 nitrogen and oxygen atoms in total. The van der Waals surface area contributed by atoms with Gasteiger partial charge in [-0.05, 0) is 72.1 Å². The number of hydrogen-bond acceptors (Lipinski definition) is 4. The standard InChI is InChI=1S/C23H28BrClN2O4/c1-5-15(2)26-23(29)16(3)27(13-17-6-9-19(30-4)10-7-17)22(28)14-31-21-11-8-18(25)12-20(21)24/h6-12,15-16H,5,13-14H2,1-4H3,(H,26,29). The molecule has 2 aromatic carbocycles. The van der Waals surface area contributed by atoms with Crippen molar-refractivity contribution in [3.8, 4) is 11.5 Å². The maximum Gasteiger partial charge on any atom is 0.261 e. The fraction of sp³-hybridized carbons (Fsp3) is 0.391. The largest absolute Gasteiger partial charge is 0.497 e. The lowest BCUT2D eigenvalue weighted by Crippen LogP contribution is -2.50. The van der Waals surface area contributed by atoms with Gasteiger partial charge < -0.3 is 19.7 Å². The second-order valence-corrected chi connectivity index (χ2v) is 8.52. The Bertz CT molecular complexity index is 892. The van der Waals surface area contributed by atoms with E-state index in [-0.39, 0.29) is 31.0 Å². The predicted molar refractivity (Wildman–Crippen MR) is 126 cm³/mol. The van der Waals surface area contributed by atoms with E-state index < -0.39 is 6.04 Å². The molecule has 2 rings (SSSR count). The van der Waals surface area contributed by atoms with Crippen LogP contribution in [0, 0.1) is 0 Å². The van der Waals surface area contributed by atoms with Crippen LogP contribution >= 0.6 is 27.5 Å². The third-order valence-corrected chi connectivity index (χ3v) is 5.78. The van der Waals surface area contributed by atoms with E-state index in [1.165, 1.54) is 4.90 Å². The number of hydrogen-bond donors (Lipinski definition) is 1. The van der Waals surface area contributed by atoms with Crippen molar-refractivity contribution in [1.82, 2.24) is 10.2 Å². The molecule has 0 saturated carbocycles. The summed E-state index contributed by atoms with van der Waals surface area (Å²) in [6.45, 7) is 5.70. The average Bonchev–Trinajstić information content (AvgIpc) is 2.76. The normalized spacial score (nSPS) is 12.6. The lowest BCUT2D eigenvalue weighted by atomic mass is 10.1. The van der Waals surface area contributed by atoms with E-state index in [0.717, 1.165) is 17.7 Å². The molecule has 0 aliphatic carbocycles. The molecule has 8 heteroatoms. The summed E-state index contributed by atoms with van der Waals surface area (Å²) in [5.74, 6) is 0.715. The van der Waals surface area contributed by atoms with Crippen molar-refractivity contribution in [2.75, 3.05) is 13.7 Å². The summed E-state index contributed by atoms with van der Waals surface area (Å²) in [5, 5.41) is 3.50. The summed E-state index contributed by atoms with van der Waals surface area (Å²) in [5.41, 5.74) is 0.880. The Balaban J connectivity index is 2.17. The van der Waals surface area contributed by atoms with Gasteiger partial charge in [-0.3, -0.25) is 9.59 Å². The molecule has 0 fully saturated rings. The molecule has 0 radical (unpaired) electrons. The molecule has 2 aromatic rings. The molecule has 0 aliphatic rings. The number of nitrogens with one attached hydrogen (secondary N) is 1. The van der Waals surface area contributed by atoms with Crippen molar-refractivity contribution in [2.24, 2.45) is 0 Å². The zero-order valence-corrected chi connectivity index (χ0v) is 20.5. The number of amides is 2. The Morgan fingerprint density at radius 3 is 2.42 bits per heavy atom. The van der Waals surface area contributed by atoms with Crippen molar-refractivity contribution < 1.29 is 19.1 Å². The van der Waals surface area contributed by atoms with Gasteiger partial charge >= 0.3 is 0 Å². The number of carbonyl (C=O) groups is 2. The summed E-state index contributed by atoms with van der Waals surface area (Å²) in [6, 6.07) is 11.8. The fourth-order valence-corrected chi connectivity index (χ4v) is 3.59. The molecule has 0 heterocycles. The number of benzene rings is 2. The van der Waals surface area contributed by atoms with Gasteiger partial charge in [0, 0.05) is 17.6 Å². The highest BCUT2D eigenvalue weighted by molar-refractivity contribution is 9.10. The van der Waals surface area contributed by atoms with Gasteiger partial charge in [0.2, 0.25) is 5.91 Å². The first kappa shape index (κ1) is 25.0. The summed E-state index contributed by atoms with van der Waals surface area (Å²) in [6.07, 6.45) is 0.804. The Morgan fingerprint density at radius 1 is 1.16 bits per heavy atom. The van der Waals surface area contributed by atoms with Crippen molar-refractivity contribution in [1.29, 1.82) is 0 Å². The maximum absolute atomic E-state index is 13.1. The zero-order chi connectivity index (χ0) is 23.0. The van der Waals surface area contributed by atoms with Crippen molar-refractivity contribution in [3.05, 3.63) is 57.5 Å². The minimum Gasteiger partial charge on any atom is -0.497 e. The Hall–Kier alpha value is -2.25. The van der Waals surface area contributed by atoms with Crippen LogP contribution in [0.5, 0.6) is 11.5 Å². The van der Waals surface area contributed by atoms with Gasteiger partial charge in [-0.25, -0.2) is 0 Å². The number of carbonyl (C=O) groups excluding carboxylic acids is 2. The zero-order valence-electron chi connectivity index (χ0n) is 18.2. The number of methoxy groups -OCH3 is 1. The summed E-state index contributed by atoms with van der Waals surface area (Å²) in [4.78, 5) is 27.3. The first-order chi connectivity index (χ1) is 14.7. The van der Waals surface area contributed by atoms with Crippen LogP contribution in [0.3, 0.4) is 0 Å². The molecule has 2 unspecified atom stereocenters. The van der Waals surface area contributed by atoms with Gasteiger partial charge in [-0.1, -0.05) is 30.7 Å². The van der Waals surface area contributed by atoms with Gasteiger partial charge in [-0.15, -0.1) is 0 Å². The number of rotatable bonds is 10. The summed E-state index contributed by atoms with van der Waals surface area (Å²) < 4.78 is 11.5. The van der Waals surface area contributed by atoms with Crippen LogP contribution in [-0.4, -0.2) is 42.5 Å².